The first-order valence-corrected chi connectivity index (χ1v) is 5.31. The van der Waals surface area contributed by atoms with E-state index in [0.29, 0.717) is 5.92 Å². The summed E-state index contributed by atoms with van der Waals surface area (Å²) in [5, 5.41) is 9.91. The molecular weight excluding hydrogens is 160 g/mol. The molecule has 1 spiro atoms. The van der Waals surface area contributed by atoms with E-state index in [1.807, 2.05) is 0 Å². The van der Waals surface area contributed by atoms with E-state index in [1.165, 1.54) is 6.42 Å². The predicted molar refractivity (Wildman–Crippen MR) is 52.1 cm³/mol. The third-order valence-corrected chi connectivity index (χ3v) is 4.43. The van der Waals surface area contributed by atoms with Crippen molar-refractivity contribution in [2.75, 3.05) is 0 Å². The predicted octanol–water partition coefficient (Wildman–Crippen LogP) is 2.14. The molecule has 0 radical (unpaired) electrons. The second kappa shape index (κ2) is 2.27. The number of allylic oxidation sites excluding steroid dienone is 3. The van der Waals surface area contributed by atoms with Crippen LogP contribution in [0, 0.1) is 23.2 Å². The summed E-state index contributed by atoms with van der Waals surface area (Å²) in [7, 11) is 0. The van der Waals surface area contributed by atoms with Gasteiger partial charge in [0.25, 0.3) is 0 Å². The van der Waals surface area contributed by atoms with Gasteiger partial charge >= 0.3 is 0 Å². The number of rotatable bonds is 1. The fraction of sp³-hybridized carbons (Fsp3) is 0.667. The van der Waals surface area contributed by atoms with Crippen LogP contribution in [0.4, 0.5) is 0 Å². The van der Waals surface area contributed by atoms with Gasteiger partial charge in [-0.2, -0.15) is 0 Å². The molecule has 0 aromatic rings. The lowest BCUT2D eigenvalue weighted by molar-refractivity contribution is -0.0965. The van der Waals surface area contributed by atoms with Gasteiger partial charge in [-0.15, -0.1) is 0 Å². The quantitative estimate of drug-likeness (QED) is 0.607. The van der Waals surface area contributed by atoms with Crippen molar-refractivity contribution >= 4 is 0 Å². The first-order chi connectivity index (χ1) is 6.30. The molecule has 0 heterocycles. The summed E-state index contributed by atoms with van der Waals surface area (Å²) in [4.78, 5) is 0. The van der Waals surface area contributed by atoms with Crippen molar-refractivity contribution in [1.29, 1.82) is 0 Å². The van der Waals surface area contributed by atoms with Gasteiger partial charge in [-0.25, -0.2) is 0 Å². The number of hydrogen-bond donors (Lipinski definition) is 1. The minimum absolute atomic E-state index is 0.0472. The van der Waals surface area contributed by atoms with Crippen molar-refractivity contribution in [3.05, 3.63) is 24.3 Å². The highest BCUT2D eigenvalue weighted by molar-refractivity contribution is 5.36. The molecule has 0 amide bonds. The summed E-state index contributed by atoms with van der Waals surface area (Å²) in [5.74, 6) is 2.13. The van der Waals surface area contributed by atoms with Crippen LogP contribution in [0.5, 0.6) is 0 Å². The fourth-order valence-electron chi connectivity index (χ4n) is 3.81. The highest BCUT2D eigenvalue weighted by Crippen LogP contribution is 2.70. The highest BCUT2D eigenvalue weighted by Gasteiger charge is 2.67. The van der Waals surface area contributed by atoms with E-state index in [2.05, 4.69) is 31.2 Å². The molecule has 1 nitrogen and oxygen atoms in total. The van der Waals surface area contributed by atoms with E-state index >= 15 is 0 Å². The SMILES string of the molecule is C/C=C/[C@@H]1[C@@H]2C=CC23[C@H](O)CC[C@@H]13. The maximum absolute atomic E-state index is 9.91. The van der Waals surface area contributed by atoms with Gasteiger partial charge in [-0.05, 0) is 37.5 Å². The number of aliphatic hydroxyl groups excluding tert-OH is 1. The van der Waals surface area contributed by atoms with Crippen molar-refractivity contribution < 1.29 is 5.11 Å². The minimum atomic E-state index is -0.0472. The zero-order valence-corrected chi connectivity index (χ0v) is 7.98. The molecule has 1 unspecified atom stereocenters. The van der Waals surface area contributed by atoms with Crippen molar-refractivity contribution in [3.8, 4) is 0 Å². The van der Waals surface area contributed by atoms with Crippen LogP contribution < -0.4 is 0 Å². The van der Waals surface area contributed by atoms with Crippen molar-refractivity contribution in [2.45, 2.75) is 25.9 Å². The molecule has 5 atom stereocenters. The van der Waals surface area contributed by atoms with Crippen molar-refractivity contribution in [3.63, 3.8) is 0 Å². The molecule has 0 aromatic heterocycles. The Hall–Kier alpha value is -0.560. The van der Waals surface area contributed by atoms with Gasteiger partial charge in [0.2, 0.25) is 0 Å². The van der Waals surface area contributed by atoms with Crippen LogP contribution in [-0.2, 0) is 0 Å². The normalized spacial score (nSPS) is 57.1. The standard InChI is InChI=1S/C12H16O/c1-2-3-8-9-4-5-11(13)12(9)7-6-10(8)12/h2-3,6-11,13H,4-5H2,1H3/b3-2+/t8-,9-,10-,11+,12?/m0/s1. The second-order valence-corrected chi connectivity index (χ2v) is 4.69. The Morgan fingerprint density at radius 2 is 2.31 bits per heavy atom. The number of aliphatic hydroxyl groups is 1. The third kappa shape index (κ3) is 0.655. The first-order valence-electron chi connectivity index (χ1n) is 5.31. The minimum Gasteiger partial charge on any atom is -0.392 e. The van der Waals surface area contributed by atoms with Crippen molar-refractivity contribution in [1.82, 2.24) is 0 Å². The average Bonchev–Trinajstić information content (AvgIpc) is 2.40. The molecule has 2 saturated carbocycles. The Labute approximate surface area is 79.2 Å². The molecule has 3 aliphatic rings. The average molecular weight is 176 g/mol. The Morgan fingerprint density at radius 1 is 1.46 bits per heavy atom. The van der Waals surface area contributed by atoms with Gasteiger partial charge < -0.3 is 5.11 Å². The van der Waals surface area contributed by atoms with Gasteiger partial charge in [-0.1, -0.05) is 24.3 Å². The Morgan fingerprint density at radius 3 is 2.92 bits per heavy atom. The molecule has 1 N–H and O–H groups in total. The van der Waals surface area contributed by atoms with E-state index in [-0.39, 0.29) is 11.5 Å². The largest absolute Gasteiger partial charge is 0.392 e. The second-order valence-electron chi connectivity index (χ2n) is 4.69. The lowest BCUT2D eigenvalue weighted by Crippen LogP contribution is -2.60. The molecule has 2 fully saturated rings. The fourth-order valence-corrected chi connectivity index (χ4v) is 3.81. The third-order valence-electron chi connectivity index (χ3n) is 4.43. The van der Waals surface area contributed by atoms with E-state index < -0.39 is 0 Å². The van der Waals surface area contributed by atoms with Gasteiger partial charge in [0, 0.05) is 5.41 Å². The molecule has 70 valence electrons. The summed E-state index contributed by atoms with van der Waals surface area (Å²) in [5.41, 5.74) is 0.226. The molecule has 1 heteroatoms. The van der Waals surface area contributed by atoms with Crippen molar-refractivity contribution in [2.24, 2.45) is 23.2 Å². The van der Waals surface area contributed by atoms with Gasteiger partial charge in [0.1, 0.15) is 0 Å². The first kappa shape index (κ1) is 7.81. The monoisotopic (exact) mass is 176 g/mol. The van der Waals surface area contributed by atoms with Crippen LogP contribution in [0.3, 0.4) is 0 Å². The maximum Gasteiger partial charge on any atom is 0.0639 e. The van der Waals surface area contributed by atoms with Crippen LogP contribution in [0.15, 0.2) is 24.3 Å². The molecule has 13 heavy (non-hydrogen) atoms. The lowest BCUT2D eigenvalue weighted by atomic mass is 9.42. The summed E-state index contributed by atoms with van der Waals surface area (Å²) in [6.45, 7) is 2.09. The molecular formula is C12H16O. The highest BCUT2D eigenvalue weighted by atomic mass is 16.3. The molecule has 0 aliphatic heterocycles. The van der Waals surface area contributed by atoms with Crippen LogP contribution in [0.1, 0.15) is 19.8 Å². The van der Waals surface area contributed by atoms with E-state index in [9.17, 15) is 5.11 Å². The Kier molecular flexibility index (Phi) is 1.36. The number of hydrogen-bond acceptors (Lipinski definition) is 1. The molecule has 0 saturated heterocycles. The smallest absolute Gasteiger partial charge is 0.0639 e. The van der Waals surface area contributed by atoms with Crippen LogP contribution in [-0.4, -0.2) is 11.2 Å². The van der Waals surface area contributed by atoms with E-state index in [4.69, 9.17) is 0 Å². The van der Waals surface area contributed by atoms with Crippen LogP contribution >= 0.6 is 0 Å². The summed E-state index contributed by atoms with van der Waals surface area (Å²) >= 11 is 0. The summed E-state index contributed by atoms with van der Waals surface area (Å²) in [6.07, 6.45) is 11.2. The molecule has 3 rings (SSSR count). The Bertz CT molecular complexity index is 291. The summed E-state index contributed by atoms with van der Waals surface area (Å²) in [6, 6.07) is 0. The van der Waals surface area contributed by atoms with Gasteiger partial charge in [-0.3, -0.25) is 0 Å². The summed E-state index contributed by atoms with van der Waals surface area (Å²) < 4.78 is 0. The van der Waals surface area contributed by atoms with Crippen LogP contribution in [0.25, 0.3) is 0 Å². The van der Waals surface area contributed by atoms with Gasteiger partial charge in [0.05, 0.1) is 6.10 Å². The zero-order chi connectivity index (χ0) is 9.05. The molecule has 0 bridgehead atoms. The zero-order valence-electron chi connectivity index (χ0n) is 7.98. The lowest BCUT2D eigenvalue weighted by Gasteiger charge is -2.62. The van der Waals surface area contributed by atoms with E-state index in [0.717, 1.165) is 18.3 Å². The Balaban J connectivity index is 1.92. The molecule has 0 aromatic carbocycles. The topological polar surface area (TPSA) is 20.2 Å². The van der Waals surface area contributed by atoms with E-state index in [1.54, 1.807) is 0 Å². The molecule has 3 aliphatic carbocycles. The van der Waals surface area contributed by atoms with Gasteiger partial charge in [0.15, 0.2) is 0 Å². The maximum atomic E-state index is 9.91. The van der Waals surface area contributed by atoms with Crippen LogP contribution in [0.2, 0.25) is 0 Å².